The van der Waals surface area contributed by atoms with Crippen molar-refractivity contribution < 1.29 is 4.79 Å². The van der Waals surface area contributed by atoms with Gasteiger partial charge in [0.25, 0.3) is 5.91 Å². The van der Waals surface area contributed by atoms with Crippen molar-refractivity contribution in [2.75, 3.05) is 0 Å². The molecule has 0 spiro atoms. The number of carbonyl (C=O) groups is 1. The third kappa shape index (κ3) is 3.62. The van der Waals surface area contributed by atoms with Crippen molar-refractivity contribution in [1.82, 2.24) is 25.5 Å². The average Bonchev–Trinajstić information content (AvgIpc) is 2.99. The molecule has 1 amide bonds. The third-order valence-corrected chi connectivity index (χ3v) is 3.68. The molecule has 0 radical (unpaired) electrons. The number of pyridine rings is 1. The summed E-state index contributed by atoms with van der Waals surface area (Å²) in [5.41, 5.74) is 1.37. The van der Waals surface area contributed by atoms with Gasteiger partial charge in [-0.1, -0.05) is 30.3 Å². The van der Waals surface area contributed by atoms with Gasteiger partial charge < -0.3 is 5.32 Å². The zero-order valence-electron chi connectivity index (χ0n) is 12.3. The summed E-state index contributed by atoms with van der Waals surface area (Å²) in [5.74, 6) is 0.972. The maximum absolute atomic E-state index is 12.5. The van der Waals surface area contributed by atoms with Crippen molar-refractivity contribution in [3.63, 3.8) is 0 Å². The lowest BCUT2D eigenvalue weighted by Gasteiger charge is -2.16. The van der Waals surface area contributed by atoms with Gasteiger partial charge in [-0.05, 0) is 34.5 Å². The second-order valence-electron chi connectivity index (χ2n) is 4.99. The second-order valence-corrected chi connectivity index (χ2v) is 5.90. The van der Waals surface area contributed by atoms with Crippen molar-refractivity contribution in [3.05, 3.63) is 76.0 Å². The van der Waals surface area contributed by atoms with E-state index < -0.39 is 6.04 Å². The molecule has 116 valence electrons. The smallest absolute Gasteiger partial charge is 0.253 e. The number of nitrogens with zero attached hydrogens (tertiary/aromatic N) is 3. The van der Waals surface area contributed by atoms with Crippen LogP contribution in [0.25, 0.3) is 0 Å². The number of H-pyrrole nitrogens is 1. The zero-order chi connectivity index (χ0) is 16.2. The molecule has 0 aliphatic rings. The molecular formula is C16H14BrN5O. The molecule has 0 bridgehead atoms. The number of hydrogen-bond acceptors (Lipinski definition) is 4. The van der Waals surface area contributed by atoms with Crippen LogP contribution in [-0.2, 0) is 0 Å². The van der Waals surface area contributed by atoms with Crippen LogP contribution in [0.3, 0.4) is 0 Å². The van der Waals surface area contributed by atoms with Crippen LogP contribution in [0.5, 0.6) is 0 Å². The summed E-state index contributed by atoms with van der Waals surface area (Å²) in [6, 6.07) is 10.9. The van der Waals surface area contributed by atoms with Crippen molar-refractivity contribution in [3.8, 4) is 0 Å². The van der Waals surface area contributed by atoms with Gasteiger partial charge in [0.1, 0.15) is 11.9 Å². The summed E-state index contributed by atoms with van der Waals surface area (Å²) in [7, 11) is 0. The second kappa shape index (κ2) is 6.70. The molecule has 1 unspecified atom stereocenters. The van der Waals surface area contributed by atoms with E-state index in [1.807, 2.05) is 37.3 Å². The maximum atomic E-state index is 12.5. The summed E-state index contributed by atoms with van der Waals surface area (Å²) >= 11 is 3.32. The van der Waals surface area contributed by atoms with Crippen LogP contribution in [0.1, 0.15) is 33.6 Å². The predicted molar refractivity (Wildman–Crippen MR) is 88.8 cm³/mol. The lowest BCUT2D eigenvalue weighted by Crippen LogP contribution is -2.30. The minimum absolute atomic E-state index is 0.241. The molecule has 3 aromatic rings. The van der Waals surface area contributed by atoms with Crippen LogP contribution in [0, 0.1) is 6.92 Å². The minimum atomic E-state index is -0.437. The molecule has 7 heteroatoms. The Morgan fingerprint density at radius 1 is 1.26 bits per heavy atom. The number of halogens is 1. The molecule has 1 aromatic carbocycles. The molecule has 3 rings (SSSR count). The fourth-order valence-electron chi connectivity index (χ4n) is 2.18. The zero-order valence-corrected chi connectivity index (χ0v) is 13.9. The van der Waals surface area contributed by atoms with Gasteiger partial charge in [0.15, 0.2) is 5.82 Å². The number of amides is 1. The SMILES string of the molecule is Cc1nc(C(NC(=O)c2cncc(Br)c2)c2ccccc2)n[nH]1. The maximum Gasteiger partial charge on any atom is 0.253 e. The summed E-state index contributed by atoms with van der Waals surface area (Å²) in [6.07, 6.45) is 3.15. The first kappa shape index (κ1) is 15.4. The number of carbonyl (C=O) groups excluding carboxylic acids is 1. The molecule has 1 atom stereocenters. The van der Waals surface area contributed by atoms with E-state index in [1.165, 1.54) is 6.20 Å². The number of aromatic amines is 1. The van der Waals surface area contributed by atoms with E-state index in [2.05, 4.69) is 41.4 Å². The van der Waals surface area contributed by atoms with Crippen LogP contribution in [0.4, 0.5) is 0 Å². The molecule has 2 heterocycles. The van der Waals surface area contributed by atoms with Crippen LogP contribution in [0.2, 0.25) is 0 Å². The van der Waals surface area contributed by atoms with Gasteiger partial charge in [0, 0.05) is 16.9 Å². The van der Waals surface area contributed by atoms with Gasteiger partial charge in [0.2, 0.25) is 0 Å². The number of benzene rings is 1. The first-order chi connectivity index (χ1) is 11.1. The Morgan fingerprint density at radius 3 is 2.70 bits per heavy atom. The van der Waals surface area contributed by atoms with Crippen molar-refractivity contribution in [2.24, 2.45) is 0 Å². The first-order valence-corrected chi connectivity index (χ1v) is 7.78. The number of aryl methyl sites for hydroxylation is 1. The van der Waals surface area contributed by atoms with Gasteiger partial charge in [0.05, 0.1) is 5.56 Å². The van der Waals surface area contributed by atoms with E-state index in [1.54, 1.807) is 12.3 Å². The van der Waals surface area contributed by atoms with Crippen LogP contribution in [-0.4, -0.2) is 26.1 Å². The molecule has 0 aliphatic carbocycles. The highest BCUT2D eigenvalue weighted by atomic mass is 79.9. The van der Waals surface area contributed by atoms with Crippen LogP contribution < -0.4 is 5.32 Å². The normalized spacial score (nSPS) is 11.9. The summed E-state index contributed by atoms with van der Waals surface area (Å²) in [4.78, 5) is 20.9. The predicted octanol–water partition coefficient (Wildman–Crippen LogP) is 2.79. The quantitative estimate of drug-likeness (QED) is 0.738. The summed E-state index contributed by atoms with van der Waals surface area (Å²) in [6.45, 7) is 1.82. The monoisotopic (exact) mass is 371 g/mol. The molecular weight excluding hydrogens is 358 g/mol. The number of hydrogen-bond donors (Lipinski definition) is 2. The lowest BCUT2D eigenvalue weighted by molar-refractivity contribution is 0.0941. The topological polar surface area (TPSA) is 83.6 Å². The highest BCUT2D eigenvalue weighted by Crippen LogP contribution is 2.20. The Labute approximate surface area is 141 Å². The Bertz CT molecular complexity index is 818. The van der Waals surface area contributed by atoms with E-state index in [-0.39, 0.29) is 5.91 Å². The van der Waals surface area contributed by atoms with E-state index in [4.69, 9.17) is 0 Å². The largest absolute Gasteiger partial charge is 0.338 e. The van der Waals surface area contributed by atoms with Gasteiger partial charge in [-0.15, -0.1) is 0 Å². The van der Waals surface area contributed by atoms with Crippen LogP contribution >= 0.6 is 15.9 Å². The van der Waals surface area contributed by atoms with E-state index >= 15 is 0 Å². The van der Waals surface area contributed by atoms with E-state index in [0.29, 0.717) is 17.2 Å². The van der Waals surface area contributed by atoms with Crippen LogP contribution in [0.15, 0.2) is 53.3 Å². The Kier molecular flexibility index (Phi) is 4.47. The van der Waals surface area contributed by atoms with Gasteiger partial charge in [-0.2, -0.15) is 5.10 Å². The molecule has 0 saturated heterocycles. The fourth-order valence-corrected chi connectivity index (χ4v) is 2.55. The minimum Gasteiger partial charge on any atom is -0.338 e. The molecule has 6 nitrogen and oxygen atoms in total. The van der Waals surface area contributed by atoms with Crippen molar-refractivity contribution in [1.29, 1.82) is 0 Å². The summed E-state index contributed by atoms with van der Waals surface area (Å²) in [5, 5.41) is 9.95. The van der Waals surface area contributed by atoms with E-state index in [0.717, 1.165) is 10.0 Å². The lowest BCUT2D eigenvalue weighted by atomic mass is 10.1. The number of nitrogens with one attached hydrogen (secondary N) is 2. The fraction of sp³-hybridized carbons (Fsp3) is 0.125. The van der Waals surface area contributed by atoms with Crippen molar-refractivity contribution in [2.45, 2.75) is 13.0 Å². The Morgan fingerprint density at radius 2 is 2.04 bits per heavy atom. The highest BCUT2D eigenvalue weighted by molar-refractivity contribution is 9.10. The highest BCUT2D eigenvalue weighted by Gasteiger charge is 2.21. The molecule has 0 aliphatic heterocycles. The van der Waals surface area contributed by atoms with Gasteiger partial charge >= 0.3 is 0 Å². The number of aromatic nitrogens is 4. The molecule has 2 N–H and O–H groups in total. The Hall–Kier alpha value is -2.54. The number of rotatable bonds is 4. The summed E-state index contributed by atoms with van der Waals surface area (Å²) < 4.78 is 0.746. The Balaban J connectivity index is 1.92. The van der Waals surface area contributed by atoms with Gasteiger partial charge in [-0.25, -0.2) is 4.98 Å². The molecule has 2 aromatic heterocycles. The first-order valence-electron chi connectivity index (χ1n) is 6.99. The molecule has 0 fully saturated rings. The molecule has 0 saturated carbocycles. The molecule has 23 heavy (non-hydrogen) atoms. The van der Waals surface area contributed by atoms with E-state index in [9.17, 15) is 4.79 Å². The van der Waals surface area contributed by atoms with Gasteiger partial charge in [-0.3, -0.25) is 14.9 Å². The standard InChI is InChI=1S/C16H14BrN5O/c1-10-19-15(22-21-10)14(11-5-3-2-4-6-11)20-16(23)12-7-13(17)9-18-8-12/h2-9,14H,1H3,(H,20,23)(H,19,21,22). The third-order valence-electron chi connectivity index (χ3n) is 3.25. The average molecular weight is 372 g/mol. The van der Waals surface area contributed by atoms with Crippen molar-refractivity contribution >= 4 is 21.8 Å².